The van der Waals surface area contributed by atoms with Crippen LogP contribution in [-0.4, -0.2) is 47.7 Å². The van der Waals surface area contributed by atoms with Gasteiger partial charge in [-0.1, -0.05) is 0 Å². The molecule has 0 radical (unpaired) electrons. The van der Waals surface area contributed by atoms with Crippen LogP contribution >= 0.6 is 0 Å². The third-order valence-corrected chi connectivity index (χ3v) is 5.24. The van der Waals surface area contributed by atoms with Crippen LogP contribution in [0.25, 0.3) is 5.65 Å². The van der Waals surface area contributed by atoms with Gasteiger partial charge in [0.15, 0.2) is 15.5 Å². The Morgan fingerprint density at radius 3 is 2.54 bits per heavy atom. The van der Waals surface area contributed by atoms with E-state index in [1.807, 2.05) is 6.20 Å². The number of hydrogen-bond acceptors (Lipinski definition) is 5. The fourth-order valence-corrected chi connectivity index (χ4v) is 3.61. The molecule has 3 rings (SSSR count). The van der Waals surface area contributed by atoms with E-state index in [-0.39, 0.29) is 11.4 Å². The summed E-state index contributed by atoms with van der Waals surface area (Å²) in [5.74, 6) is 0.426. The fourth-order valence-electron chi connectivity index (χ4n) is 2.78. The molecule has 26 heavy (non-hydrogen) atoms. The van der Waals surface area contributed by atoms with Crippen molar-refractivity contribution in [1.82, 2.24) is 14.3 Å². The Hall–Kier alpha value is -2.09. The number of imidazole rings is 1. The fraction of sp³-hybridized carbons (Fsp3) is 0.556. The zero-order chi connectivity index (χ0) is 19.3. The van der Waals surface area contributed by atoms with E-state index in [0.717, 1.165) is 18.4 Å². The number of carbonyl (C=O) groups is 1. The lowest BCUT2D eigenvalue weighted by Gasteiger charge is -2.24. The number of aromatic nitrogens is 2. The summed E-state index contributed by atoms with van der Waals surface area (Å²) in [5, 5.41) is 0. The van der Waals surface area contributed by atoms with E-state index in [4.69, 9.17) is 4.74 Å². The van der Waals surface area contributed by atoms with Gasteiger partial charge in [-0.05, 0) is 51.2 Å². The number of pyridine rings is 1. The SMILES string of the molecule is CN(Cc1cn2cc(C3CC3)cc(S(C)(=O)=O)c2n1)C(=O)OC(C)(C)C. The average Bonchev–Trinajstić information content (AvgIpc) is 3.24. The number of amides is 1. The van der Waals surface area contributed by atoms with Crippen molar-refractivity contribution in [1.29, 1.82) is 0 Å². The van der Waals surface area contributed by atoms with Crippen LogP contribution in [-0.2, 0) is 21.1 Å². The minimum atomic E-state index is -3.40. The lowest BCUT2D eigenvalue weighted by molar-refractivity contribution is 0.0283. The van der Waals surface area contributed by atoms with Crippen LogP contribution in [0.1, 0.15) is 50.8 Å². The number of fused-ring (bicyclic) bond motifs is 1. The van der Waals surface area contributed by atoms with Gasteiger partial charge in [0.05, 0.1) is 12.2 Å². The van der Waals surface area contributed by atoms with E-state index in [1.54, 1.807) is 44.5 Å². The van der Waals surface area contributed by atoms with Crippen molar-refractivity contribution >= 4 is 21.6 Å². The summed E-state index contributed by atoms with van der Waals surface area (Å²) in [6.45, 7) is 5.66. The van der Waals surface area contributed by atoms with Crippen molar-refractivity contribution in [3.8, 4) is 0 Å². The smallest absolute Gasteiger partial charge is 0.410 e. The van der Waals surface area contributed by atoms with Gasteiger partial charge in [-0.15, -0.1) is 0 Å². The summed E-state index contributed by atoms with van der Waals surface area (Å²) in [4.78, 5) is 18.2. The summed E-state index contributed by atoms with van der Waals surface area (Å²) < 4.78 is 31.5. The molecule has 1 aliphatic rings. The Kier molecular flexibility index (Phi) is 4.50. The predicted molar refractivity (Wildman–Crippen MR) is 98.0 cm³/mol. The normalized spacial score (nSPS) is 15.3. The molecule has 1 fully saturated rings. The Morgan fingerprint density at radius 2 is 2.00 bits per heavy atom. The first kappa shape index (κ1) is 18.7. The van der Waals surface area contributed by atoms with Crippen LogP contribution in [0.3, 0.4) is 0 Å². The van der Waals surface area contributed by atoms with Crippen molar-refractivity contribution in [2.24, 2.45) is 0 Å². The zero-order valence-corrected chi connectivity index (χ0v) is 16.6. The monoisotopic (exact) mass is 379 g/mol. The first-order chi connectivity index (χ1) is 11.9. The van der Waals surface area contributed by atoms with E-state index in [1.165, 1.54) is 11.2 Å². The Bertz CT molecular complexity index is 953. The molecule has 1 saturated carbocycles. The molecular formula is C18H25N3O4S. The number of hydrogen-bond donors (Lipinski definition) is 0. The highest BCUT2D eigenvalue weighted by Crippen LogP contribution is 2.41. The zero-order valence-electron chi connectivity index (χ0n) is 15.8. The molecule has 0 saturated heterocycles. The number of nitrogens with zero attached hydrogens (tertiary/aromatic N) is 3. The Morgan fingerprint density at radius 1 is 1.35 bits per heavy atom. The van der Waals surface area contributed by atoms with Crippen LogP contribution in [0, 0.1) is 0 Å². The Labute approximate surface area is 153 Å². The minimum Gasteiger partial charge on any atom is -0.444 e. The lowest BCUT2D eigenvalue weighted by Crippen LogP contribution is -2.33. The van der Waals surface area contributed by atoms with Crippen molar-refractivity contribution in [2.45, 2.75) is 56.6 Å². The standard InChI is InChI=1S/C18H25N3O4S/c1-18(2,3)25-17(22)20(4)10-14-11-21-9-13(12-6-7-12)8-15(16(21)19-14)26(5,23)24/h8-9,11-12H,6-7,10H2,1-5H3. The van der Waals surface area contributed by atoms with Crippen LogP contribution in [0.4, 0.5) is 4.79 Å². The molecule has 0 bridgehead atoms. The minimum absolute atomic E-state index is 0.230. The average molecular weight is 379 g/mol. The van der Waals surface area contributed by atoms with Crippen molar-refractivity contribution in [2.75, 3.05) is 13.3 Å². The van der Waals surface area contributed by atoms with E-state index < -0.39 is 21.5 Å². The highest BCUT2D eigenvalue weighted by atomic mass is 32.2. The summed E-state index contributed by atoms with van der Waals surface area (Å²) >= 11 is 0. The maximum absolute atomic E-state index is 12.2. The lowest BCUT2D eigenvalue weighted by atomic mass is 10.2. The first-order valence-corrected chi connectivity index (χ1v) is 10.5. The van der Waals surface area contributed by atoms with E-state index in [9.17, 15) is 13.2 Å². The molecule has 0 N–H and O–H groups in total. The van der Waals surface area contributed by atoms with Gasteiger partial charge < -0.3 is 14.0 Å². The van der Waals surface area contributed by atoms with Gasteiger partial charge in [0.25, 0.3) is 0 Å². The van der Waals surface area contributed by atoms with Crippen LogP contribution < -0.4 is 0 Å². The van der Waals surface area contributed by atoms with Gasteiger partial charge in [-0.25, -0.2) is 18.2 Å². The van der Waals surface area contributed by atoms with Gasteiger partial charge >= 0.3 is 6.09 Å². The Balaban J connectivity index is 1.92. The van der Waals surface area contributed by atoms with Crippen LogP contribution in [0.15, 0.2) is 23.4 Å². The third-order valence-electron chi connectivity index (χ3n) is 4.14. The topological polar surface area (TPSA) is 81.0 Å². The maximum Gasteiger partial charge on any atom is 0.410 e. The maximum atomic E-state index is 12.2. The molecule has 0 spiro atoms. The quantitative estimate of drug-likeness (QED) is 0.816. The highest BCUT2D eigenvalue weighted by molar-refractivity contribution is 7.91. The van der Waals surface area contributed by atoms with Gasteiger partial charge in [0, 0.05) is 25.7 Å². The highest BCUT2D eigenvalue weighted by Gasteiger charge is 2.27. The molecule has 1 amide bonds. The second-order valence-electron chi connectivity index (χ2n) is 7.98. The molecular weight excluding hydrogens is 354 g/mol. The molecule has 142 valence electrons. The molecule has 2 aromatic heterocycles. The molecule has 7 nitrogen and oxygen atoms in total. The van der Waals surface area contributed by atoms with Crippen LogP contribution in [0.5, 0.6) is 0 Å². The summed E-state index contributed by atoms with van der Waals surface area (Å²) in [6, 6.07) is 1.73. The number of ether oxygens (including phenoxy) is 1. The molecule has 0 unspecified atom stereocenters. The van der Waals surface area contributed by atoms with Crippen LogP contribution in [0.2, 0.25) is 0 Å². The number of carbonyl (C=O) groups excluding carboxylic acids is 1. The van der Waals surface area contributed by atoms with Gasteiger partial charge in [0.1, 0.15) is 10.5 Å². The molecule has 8 heteroatoms. The van der Waals surface area contributed by atoms with Crippen molar-refractivity contribution in [3.63, 3.8) is 0 Å². The molecule has 1 aliphatic carbocycles. The van der Waals surface area contributed by atoms with Crippen molar-refractivity contribution < 1.29 is 17.9 Å². The number of rotatable bonds is 4. The van der Waals surface area contributed by atoms with Crippen molar-refractivity contribution in [3.05, 3.63) is 29.7 Å². The molecule has 0 atom stereocenters. The van der Waals surface area contributed by atoms with Gasteiger partial charge in [0.2, 0.25) is 0 Å². The first-order valence-electron chi connectivity index (χ1n) is 8.60. The predicted octanol–water partition coefficient (Wildman–Crippen LogP) is 2.98. The molecule has 2 aromatic rings. The largest absolute Gasteiger partial charge is 0.444 e. The van der Waals surface area contributed by atoms with E-state index >= 15 is 0 Å². The van der Waals surface area contributed by atoms with Gasteiger partial charge in [-0.2, -0.15) is 0 Å². The molecule has 2 heterocycles. The second-order valence-corrected chi connectivity index (χ2v) is 9.97. The summed E-state index contributed by atoms with van der Waals surface area (Å²) in [7, 11) is -1.77. The van der Waals surface area contributed by atoms with E-state index in [0.29, 0.717) is 17.3 Å². The third kappa shape index (κ3) is 4.17. The van der Waals surface area contributed by atoms with Gasteiger partial charge in [-0.3, -0.25) is 0 Å². The molecule has 0 aliphatic heterocycles. The second kappa shape index (κ2) is 6.26. The number of sulfone groups is 1. The molecule has 0 aromatic carbocycles. The summed E-state index contributed by atoms with van der Waals surface area (Å²) in [6.07, 6.45) is 6.62. The summed E-state index contributed by atoms with van der Waals surface area (Å²) in [5.41, 5.74) is 1.44. The van der Waals surface area contributed by atoms with E-state index in [2.05, 4.69) is 4.98 Å².